The van der Waals surface area contributed by atoms with Gasteiger partial charge in [0.2, 0.25) is 0 Å². The minimum Gasteiger partial charge on any atom is -0.323 e. The smallest absolute Gasteiger partial charge is 0.155 e. The third kappa shape index (κ3) is 3.07. The summed E-state index contributed by atoms with van der Waals surface area (Å²) in [6.07, 6.45) is 1.35. The molecule has 0 aliphatic heterocycles. The highest BCUT2D eigenvalue weighted by Gasteiger charge is 2.38. The van der Waals surface area contributed by atoms with Crippen molar-refractivity contribution in [2.24, 2.45) is 11.7 Å². The summed E-state index contributed by atoms with van der Waals surface area (Å²) in [7, 11) is -3.13. The highest BCUT2D eigenvalue weighted by Crippen LogP contribution is 2.39. The standard InChI is InChI=1S/C16H25NO2S/c1-11(2)8-9-20(18,19)15-10-12(3)13-6-4-5-7-14(13)16(15)17/h4-7,11-12,15-16H,8-10,17H2,1-3H3. The normalized spacial score (nSPS) is 26.6. The minimum absolute atomic E-state index is 0.248. The molecule has 0 amide bonds. The van der Waals surface area contributed by atoms with E-state index >= 15 is 0 Å². The Hall–Kier alpha value is -0.870. The van der Waals surface area contributed by atoms with Gasteiger partial charge < -0.3 is 5.73 Å². The molecule has 0 bridgehead atoms. The lowest BCUT2D eigenvalue weighted by atomic mass is 9.81. The average Bonchev–Trinajstić information content (AvgIpc) is 2.40. The Kier molecular flexibility index (Phi) is 4.55. The zero-order valence-corrected chi connectivity index (χ0v) is 13.4. The highest BCUT2D eigenvalue weighted by molar-refractivity contribution is 7.92. The number of fused-ring (bicyclic) bond motifs is 1. The summed E-state index contributed by atoms with van der Waals surface area (Å²) < 4.78 is 25.2. The van der Waals surface area contributed by atoms with E-state index in [1.807, 2.05) is 32.0 Å². The first-order valence-corrected chi connectivity index (χ1v) is 9.10. The molecule has 0 fully saturated rings. The quantitative estimate of drug-likeness (QED) is 0.929. The van der Waals surface area contributed by atoms with Crippen LogP contribution in [0.3, 0.4) is 0 Å². The van der Waals surface area contributed by atoms with Crippen molar-refractivity contribution in [1.29, 1.82) is 0 Å². The summed E-state index contributed by atoms with van der Waals surface area (Å²) in [5, 5.41) is -0.439. The minimum atomic E-state index is -3.13. The fourth-order valence-electron chi connectivity index (χ4n) is 3.01. The second-order valence-corrected chi connectivity index (χ2v) is 8.72. The third-order valence-electron chi connectivity index (χ3n) is 4.31. The molecule has 2 rings (SSSR count). The van der Waals surface area contributed by atoms with Crippen LogP contribution in [0.15, 0.2) is 24.3 Å². The number of rotatable bonds is 4. The van der Waals surface area contributed by atoms with Gasteiger partial charge in [-0.15, -0.1) is 0 Å². The largest absolute Gasteiger partial charge is 0.323 e. The van der Waals surface area contributed by atoms with Gasteiger partial charge in [0.05, 0.1) is 11.0 Å². The zero-order valence-electron chi connectivity index (χ0n) is 12.5. The van der Waals surface area contributed by atoms with Crippen LogP contribution in [0.25, 0.3) is 0 Å². The van der Waals surface area contributed by atoms with Crippen molar-refractivity contribution in [3.63, 3.8) is 0 Å². The summed E-state index contributed by atoms with van der Waals surface area (Å²) in [6.45, 7) is 6.19. The molecule has 0 spiro atoms. The van der Waals surface area contributed by atoms with Gasteiger partial charge >= 0.3 is 0 Å². The molecule has 1 aromatic carbocycles. The molecule has 3 unspecified atom stereocenters. The Balaban J connectivity index is 2.27. The Labute approximate surface area is 122 Å². The second-order valence-electron chi connectivity index (χ2n) is 6.38. The molecule has 3 nitrogen and oxygen atoms in total. The van der Waals surface area contributed by atoms with Crippen LogP contribution in [0, 0.1) is 5.92 Å². The van der Waals surface area contributed by atoms with Gasteiger partial charge in [-0.2, -0.15) is 0 Å². The number of benzene rings is 1. The molecule has 0 saturated heterocycles. The second kappa shape index (κ2) is 5.86. The Morgan fingerprint density at radius 2 is 1.85 bits per heavy atom. The van der Waals surface area contributed by atoms with E-state index in [1.165, 1.54) is 5.56 Å². The van der Waals surface area contributed by atoms with Crippen molar-refractivity contribution in [3.05, 3.63) is 35.4 Å². The maximum absolute atomic E-state index is 12.6. The van der Waals surface area contributed by atoms with Gasteiger partial charge in [0.25, 0.3) is 0 Å². The molecule has 112 valence electrons. The van der Waals surface area contributed by atoms with Crippen LogP contribution < -0.4 is 5.73 Å². The monoisotopic (exact) mass is 295 g/mol. The predicted molar refractivity (Wildman–Crippen MR) is 83.4 cm³/mol. The van der Waals surface area contributed by atoms with E-state index in [4.69, 9.17) is 5.73 Å². The summed E-state index contributed by atoms with van der Waals surface area (Å²) >= 11 is 0. The van der Waals surface area contributed by atoms with Crippen LogP contribution in [0.1, 0.15) is 56.7 Å². The number of nitrogens with two attached hydrogens (primary N) is 1. The van der Waals surface area contributed by atoms with Gasteiger partial charge in [0, 0.05) is 6.04 Å². The Morgan fingerprint density at radius 1 is 1.25 bits per heavy atom. The van der Waals surface area contributed by atoms with E-state index in [9.17, 15) is 8.42 Å². The molecule has 0 aromatic heterocycles. The third-order valence-corrected chi connectivity index (χ3v) is 6.53. The SMILES string of the molecule is CC(C)CCS(=O)(=O)C1CC(C)c2ccccc2C1N. The molecule has 20 heavy (non-hydrogen) atoms. The van der Waals surface area contributed by atoms with Gasteiger partial charge in [-0.3, -0.25) is 0 Å². The van der Waals surface area contributed by atoms with Crippen molar-refractivity contribution >= 4 is 9.84 Å². The molecule has 2 N–H and O–H groups in total. The van der Waals surface area contributed by atoms with Crippen LogP contribution >= 0.6 is 0 Å². The molecule has 4 heteroatoms. The number of hydrogen-bond donors (Lipinski definition) is 1. The lowest BCUT2D eigenvalue weighted by Crippen LogP contribution is -2.40. The van der Waals surface area contributed by atoms with Crippen molar-refractivity contribution in [2.75, 3.05) is 5.75 Å². The molecule has 0 heterocycles. The van der Waals surface area contributed by atoms with Crippen molar-refractivity contribution in [1.82, 2.24) is 0 Å². The molecule has 1 aromatic rings. The van der Waals surface area contributed by atoms with E-state index in [0.29, 0.717) is 18.8 Å². The van der Waals surface area contributed by atoms with Crippen molar-refractivity contribution in [2.45, 2.75) is 50.8 Å². The van der Waals surface area contributed by atoms with E-state index in [-0.39, 0.29) is 17.7 Å². The predicted octanol–water partition coefficient (Wildman–Crippen LogP) is 3.02. The van der Waals surface area contributed by atoms with Gasteiger partial charge in [-0.1, -0.05) is 45.0 Å². The summed E-state index contributed by atoms with van der Waals surface area (Å²) in [5.74, 6) is 0.900. The molecule has 0 radical (unpaired) electrons. The van der Waals surface area contributed by atoms with Crippen molar-refractivity contribution in [3.8, 4) is 0 Å². The molecule has 1 aliphatic carbocycles. The van der Waals surface area contributed by atoms with E-state index in [1.54, 1.807) is 0 Å². The van der Waals surface area contributed by atoms with Crippen LogP contribution in [-0.4, -0.2) is 19.4 Å². The van der Waals surface area contributed by atoms with Crippen LogP contribution in [-0.2, 0) is 9.84 Å². The first kappa shape index (κ1) is 15.5. The van der Waals surface area contributed by atoms with E-state index in [0.717, 1.165) is 5.56 Å². The molecule has 0 saturated carbocycles. The molecule has 1 aliphatic rings. The lowest BCUT2D eigenvalue weighted by Gasteiger charge is -2.34. The molecular weight excluding hydrogens is 270 g/mol. The Bertz CT molecular complexity index is 566. The lowest BCUT2D eigenvalue weighted by molar-refractivity contribution is 0.483. The number of sulfone groups is 1. The zero-order chi connectivity index (χ0) is 14.9. The fraction of sp³-hybridized carbons (Fsp3) is 0.625. The topological polar surface area (TPSA) is 60.2 Å². The van der Waals surface area contributed by atoms with Crippen molar-refractivity contribution < 1.29 is 8.42 Å². The highest BCUT2D eigenvalue weighted by atomic mass is 32.2. The summed E-state index contributed by atoms with van der Waals surface area (Å²) in [4.78, 5) is 0. The van der Waals surface area contributed by atoms with Gasteiger partial charge in [-0.25, -0.2) is 8.42 Å². The van der Waals surface area contributed by atoms with E-state index < -0.39 is 15.1 Å². The fourth-order valence-corrected chi connectivity index (χ4v) is 5.28. The van der Waals surface area contributed by atoms with Gasteiger partial charge in [-0.05, 0) is 35.8 Å². The Morgan fingerprint density at radius 3 is 2.45 bits per heavy atom. The maximum atomic E-state index is 12.6. The van der Waals surface area contributed by atoms with Crippen LogP contribution in [0.5, 0.6) is 0 Å². The average molecular weight is 295 g/mol. The summed E-state index contributed by atoms with van der Waals surface area (Å²) in [5.41, 5.74) is 8.47. The van der Waals surface area contributed by atoms with Crippen LogP contribution in [0.2, 0.25) is 0 Å². The molecular formula is C16H25NO2S. The van der Waals surface area contributed by atoms with Crippen LogP contribution in [0.4, 0.5) is 0 Å². The summed E-state index contributed by atoms with van der Waals surface area (Å²) in [6, 6.07) is 7.58. The first-order valence-electron chi connectivity index (χ1n) is 7.39. The molecule has 3 atom stereocenters. The first-order chi connectivity index (χ1) is 9.33. The maximum Gasteiger partial charge on any atom is 0.155 e. The van der Waals surface area contributed by atoms with Gasteiger partial charge in [0.15, 0.2) is 9.84 Å². The van der Waals surface area contributed by atoms with Gasteiger partial charge in [0.1, 0.15) is 0 Å². The number of hydrogen-bond acceptors (Lipinski definition) is 3. The van der Waals surface area contributed by atoms with E-state index in [2.05, 4.69) is 13.0 Å².